The second kappa shape index (κ2) is 14.0. The van der Waals surface area contributed by atoms with Crippen molar-refractivity contribution >= 4 is 58.4 Å². The summed E-state index contributed by atoms with van der Waals surface area (Å²) in [5.74, 6) is -0.644. The van der Waals surface area contributed by atoms with Gasteiger partial charge in [-0.15, -0.1) is 0 Å². The molecule has 3 aromatic rings. The summed E-state index contributed by atoms with van der Waals surface area (Å²) in [5, 5.41) is 12.6. The van der Waals surface area contributed by atoms with Crippen LogP contribution in [-0.4, -0.2) is 35.6 Å². The highest BCUT2D eigenvalue weighted by Gasteiger charge is 2.18. The van der Waals surface area contributed by atoms with Crippen molar-refractivity contribution in [2.24, 2.45) is 0 Å². The lowest BCUT2D eigenvalue weighted by Crippen LogP contribution is -2.21. The predicted octanol–water partition coefficient (Wildman–Crippen LogP) is 7.08. The maximum absolute atomic E-state index is 13.2. The van der Waals surface area contributed by atoms with Gasteiger partial charge in [0.1, 0.15) is 5.75 Å². The van der Waals surface area contributed by atoms with E-state index in [1.165, 1.54) is 42.3 Å². The number of aryl methyl sites for hydroxylation is 1. The molecule has 0 aromatic heterocycles. The molecule has 2 amide bonds. The summed E-state index contributed by atoms with van der Waals surface area (Å²) >= 11 is 13.5. The van der Waals surface area contributed by atoms with Gasteiger partial charge in [-0.1, -0.05) is 36.5 Å². The highest BCUT2D eigenvalue weighted by molar-refractivity contribution is 7.97. The van der Waals surface area contributed by atoms with Gasteiger partial charge in [-0.3, -0.25) is 18.7 Å². The number of nitriles is 1. The Bertz CT molecular complexity index is 1440. The standard InChI is InChI=1S/C29H27Cl2N3O4S/c1-4-5-6-28(36)34(3)39-23-8-9-25(18(2)11-23)33-27(35)17-38-26-10-7-21(30)15-24(26)29(37)20-12-19(16-32)13-22(31)14-20/h7-15H,4-6,17H2,1-3H3,(H,33,35). The summed E-state index contributed by atoms with van der Waals surface area (Å²) in [7, 11) is 1.75. The molecule has 0 unspecified atom stereocenters. The minimum Gasteiger partial charge on any atom is -0.483 e. The summed E-state index contributed by atoms with van der Waals surface area (Å²) in [5.41, 5.74) is 1.99. The number of halogens is 2. The lowest BCUT2D eigenvalue weighted by atomic mass is 10.0. The topological polar surface area (TPSA) is 99.5 Å². The number of amides is 2. The number of carbonyl (C=O) groups is 3. The van der Waals surface area contributed by atoms with Gasteiger partial charge in [0.2, 0.25) is 5.91 Å². The molecule has 7 nitrogen and oxygen atoms in total. The normalized spacial score (nSPS) is 10.5. The average Bonchev–Trinajstić information content (AvgIpc) is 2.91. The molecule has 3 aromatic carbocycles. The highest BCUT2D eigenvalue weighted by atomic mass is 35.5. The van der Waals surface area contributed by atoms with E-state index in [0.717, 1.165) is 23.3 Å². The van der Waals surface area contributed by atoms with E-state index in [9.17, 15) is 19.6 Å². The van der Waals surface area contributed by atoms with E-state index in [1.807, 2.05) is 32.0 Å². The van der Waals surface area contributed by atoms with E-state index >= 15 is 0 Å². The Kier molecular flexibility index (Phi) is 10.8. The zero-order valence-corrected chi connectivity index (χ0v) is 24.0. The van der Waals surface area contributed by atoms with Gasteiger partial charge in [-0.2, -0.15) is 5.26 Å². The smallest absolute Gasteiger partial charge is 0.262 e. The first-order valence-corrected chi connectivity index (χ1v) is 13.7. The second-order valence-corrected chi connectivity index (χ2v) is 10.8. The first-order valence-electron chi connectivity index (χ1n) is 12.1. The number of carbonyl (C=O) groups excluding carboxylic acids is 3. The van der Waals surface area contributed by atoms with E-state index in [1.54, 1.807) is 23.5 Å². The Balaban J connectivity index is 1.67. The van der Waals surface area contributed by atoms with Gasteiger partial charge in [-0.25, -0.2) is 0 Å². The summed E-state index contributed by atoms with van der Waals surface area (Å²) in [6.07, 6.45) is 2.32. The van der Waals surface area contributed by atoms with Gasteiger partial charge >= 0.3 is 0 Å². The minimum atomic E-state index is -0.450. The largest absolute Gasteiger partial charge is 0.483 e. The summed E-state index contributed by atoms with van der Waals surface area (Å²) in [6, 6.07) is 16.3. The highest BCUT2D eigenvalue weighted by Crippen LogP contribution is 2.29. The first-order chi connectivity index (χ1) is 18.6. The molecule has 0 saturated heterocycles. The number of benzene rings is 3. The van der Waals surface area contributed by atoms with Crippen molar-refractivity contribution in [3.05, 3.63) is 86.9 Å². The quantitative estimate of drug-likeness (QED) is 0.191. The van der Waals surface area contributed by atoms with Gasteiger partial charge in [0.05, 0.1) is 17.2 Å². The van der Waals surface area contributed by atoms with E-state index in [4.69, 9.17) is 27.9 Å². The molecule has 0 aliphatic rings. The van der Waals surface area contributed by atoms with Crippen LogP contribution in [0.5, 0.6) is 5.75 Å². The number of nitrogens with zero attached hydrogens (tertiary/aromatic N) is 2. The molecule has 0 heterocycles. The number of anilines is 1. The molecule has 0 radical (unpaired) electrons. The van der Waals surface area contributed by atoms with Crippen molar-refractivity contribution in [3.8, 4) is 11.8 Å². The van der Waals surface area contributed by atoms with Crippen molar-refractivity contribution in [1.82, 2.24) is 4.31 Å². The lowest BCUT2D eigenvalue weighted by molar-refractivity contribution is -0.125. The van der Waals surface area contributed by atoms with Gasteiger partial charge in [0, 0.05) is 39.7 Å². The van der Waals surface area contributed by atoms with Crippen molar-refractivity contribution in [2.75, 3.05) is 19.0 Å². The Morgan fingerprint density at radius 1 is 1.05 bits per heavy atom. The van der Waals surface area contributed by atoms with Crippen molar-refractivity contribution < 1.29 is 19.1 Å². The molecule has 1 N–H and O–H groups in total. The second-order valence-electron chi connectivity index (χ2n) is 8.71. The molecule has 0 aliphatic carbocycles. The molecule has 0 fully saturated rings. The number of hydrogen-bond acceptors (Lipinski definition) is 6. The maximum atomic E-state index is 13.2. The predicted molar refractivity (Wildman–Crippen MR) is 155 cm³/mol. The number of nitrogens with one attached hydrogen (secondary N) is 1. The molecule has 3 rings (SSSR count). The van der Waals surface area contributed by atoms with Crippen LogP contribution in [0.1, 0.15) is 53.2 Å². The van der Waals surface area contributed by atoms with Crippen LogP contribution in [0.4, 0.5) is 5.69 Å². The van der Waals surface area contributed by atoms with Gasteiger partial charge in [0.15, 0.2) is 12.4 Å². The molecule has 0 aliphatic heterocycles. The summed E-state index contributed by atoms with van der Waals surface area (Å²) in [4.78, 5) is 38.9. The molecule has 202 valence electrons. The Labute approximate surface area is 242 Å². The zero-order valence-electron chi connectivity index (χ0n) is 21.7. The Hall–Kier alpha value is -3.51. The summed E-state index contributed by atoms with van der Waals surface area (Å²) in [6.45, 7) is 3.55. The van der Waals surface area contributed by atoms with Crippen LogP contribution in [0.2, 0.25) is 10.0 Å². The van der Waals surface area contributed by atoms with Crippen LogP contribution in [-0.2, 0) is 9.59 Å². The number of rotatable bonds is 11. The summed E-state index contributed by atoms with van der Waals surface area (Å²) < 4.78 is 7.31. The molecule has 10 heteroatoms. The lowest BCUT2D eigenvalue weighted by Gasteiger charge is -2.17. The van der Waals surface area contributed by atoms with Crippen LogP contribution in [0.15, 0.2) is 59.5 Å². The minimum absolute atomic E-state index is 0.0648. The van der Waals surface area contributed by atoms with E-state index in [0.29, 0.717) is 17.1 Å². The Morgan fingerprint density at radius 2 is 1.82 bits per heavy atom. The number of ether oxygens (including phenoxy) is 1. The molecule has 0 saturated carbocycles. The van der Waals surface area contributed by atoms with E-state index in [-0.39, 0.29) is 40.0 Å². The average molecular weight is 585 g/mol. The van der Waals surface area contributed by atoms with Crippen LogP contribution in [0, 0.1) is 18.3 Å². The molecular weight excluding hydrogens is 557 g/mol. The third-order valence-electron chi connectivity index (χ3n) is 5.64. The molecular formula is C29H27Cl2N3O4S. The molecule has 39 heavy (non-hydrogen) atoms. The fourth-order valence-corrected chi connectivity index (χ4v) is 4.88. The van der Waals surface area contributed by atoms with Gasteiger partial charge in [0.25, 0.3) is 5.91 Å². The third kappa shape index (κ3) is 8.49. The van der Waals surface area contributed by atoms with Crippen LogP contribution < -0.4 is 10.1 Å². The fraction of sp³-hybridized carbons (Fsp3) is 0.241. The number of unbranched alkanes of at least 4 members (excludes halogenated alkanes) is 1. The third-order valence-corrected chi connectivity index (χ3v) is 7.04. The molecule has 0 spiro atoms. The van der Waals surface area contributed by atoms with Gasteiger partial charge in [-0.05, 0) is 85.5 Å². The monoisotopic (exact) mass is 583 g/mol. The number of ketones is 1. The van der Waals surface area contributed by atoms with Crippen molar-refractivity contribution in [3.63, 3.8) is 0 Å². The molecule has 0 atom stereocenters. The van der Waals surface area contributed by atoms with Crippen LogP contribution in [0.3, 0.4) is 0 Å². The van der Waals surface area contributed by atoms with E-state index < -0.39 is 11.7 Å². The first kappa shape index (κ1) is 30.0. The molecule has 0 bridgehead atoms. The van der Waals surface area contributed by atoms with Crippen molar-refractivity contribution in [1.29, 1.82) is 5.26 Å². The number of hydrogen-bond donors (Lipinski definition) is 1. The van der Waals surface area contributed by atoms with Crippen molar-refractivity contribution in [2.45, 2.75) is 38.0 Å². The van der Waals surface area contributed by atoms with E-state index in [2.05, 4.69) is 5.32 Å². The maximum Gasteiger partial charge on any atom is 0.262 e. The van der Waals surface area contributed by atoms with Crippen LogP contribution in [0.25, 0.3) is 0 Å². The zero-order chi connectivity index (χ0) is 28.5. The van der Waals surface area contributed by atoms with Crippen LogP contribution >= 0.6 is 35.1 Å². The SMILES string of the molecule is CCCCC(=O)N(C)Sc1ccc(NC(=O)COc2ccc(Cl)cc2C(=O)c2cc(Cl)cc(C#N)c2)c(C)c1. The fourth-order valence-electron chi connectivity index (χ4n) is 3.60. The van der Waals surface area contributed by atoms with Gasteiger partial charge < -0.3 is 10.1 Å². The Morgan fingerprint density at radius 3 is 2.51 bits per heavy atom.